The zero-order chi connectivity index (χ0) is 28.4. The van der Waals surface area contributed by atoms with E-state index in [9.17, 15) is 23.2 Å². The summed E-state index contributed by atoms with van der Waals surface area (Å²) in [5, 5.41) is 0.655. The molecule has 0 aliphatic rings. The zero-order valence-electron chi connectivity index (χ0n) is 22.0. The van der Waals surface area contributed by atoms with Crippen LogP contribution in [0.25, 0.3) is 22.2 Å². The van der Waals surface area contributed by atoms with Gasteiger partial charge in [-0.2, -0.15) is 0 Å². The van der Waals surface area contributed by atoms with Crippen LogP contribution in [0.3, 0.4) is 0 Å². The number of H-pyrrole nitrogens is 1. The number of methoxy groups -OCH3 is 1. The molecule has 2 aromatic carbocycles. The first-order chi connectivity index (χ1) is 18.6. The van der Waals surface area contributed by atoms with Crippen LogP contribution in [-0.2, 0) is 14.3 Å². The summed E-state index contributed by atoms with van der Waals surface area (Å²) in [7, 11) is 1.20. The molecule has 4 rings (SSSR count). The third-order valence-corrected chi connectivity index (χ3v) is 6.36. The third kappa shape index (κ3) is 5.09. The molecule has 0 amide bonds. The lowest BCUT2D eigenvalue weighted by Crippen LogP contribution is -2.28. The van der Waals surface area contributed by atoms with Crippen molar-refractivity contribution in [2.24, 2.45) is 0 Å². The Kier molecular flexibility index (Phi) is 7.75. The molecule has 1 unspecified atom stereocenters. The van der Waals surface area contributed by atoms with Gasteiger partial charge in [0.15, 0.2) is 11.6 Å². The minimum Gasteiger partial charge on any atom is -0.469 e. The molecule has 8 nitrogen and oxygen atoms in total. The van der Waals surface area contributed by atoms with Crippen LogP contribution >= 0.6 is 0 Å². The van der Waals surface area contributed by atoms with E-state index in [2.05, 4.69) is 9.97 Å². The van der Waals surface area contributed by atoms with Gasteiger partial charge in [0.25, 0.3) is 0 Å². The molecule has 1 atom stereocenters. The second-order valence-electron chi connectivity index (χ2n) is 8.83. The molecular weight excluding hydrogens is 510 g/mol. The van der Waals surface area contributed by atoms with E-state index in [0.29, 0.717) is 16.6 Å². The van der Waals surface area contributed by atoms with E-state index in [4.69, 9.17) is 14.2 Å². The van der Waals surface area contributed by atoms with Gasteiger partial charge in [0.05, 0.1) is 36.4 Å². The lowest BCUT2D eigenvalue weighted by Gasteiger charge is -2.19. The first-order valence-electron chi connectivity index (χ1n) is 12.1. The number of hydrogen-bond acceptors (Lipinski definition) is 7. The number of rotatable bonds is 7. The molecule has 202 valence electrons. The van der Waals surface area contributed by atoms with Crippen molar-refractivity contribution in [1.82, 2.24) is 9.97 Å². The number of halogens is 2. The number of fused-ring (bicyclic) bond motifs is 1. The molecule has 4 aromatic rings. The highest BCUT2D eigenvalue weighted by molar-refractivity contribution is 5.99. The normalized spacial score (nSPS) is 11.8. The van der Waals surface area contributed by atoms with Gasteiger partial charge in [-0.25, -0.2) is 18.6 Å². The molecule has 0 fully saturated rings. The number of aryl methyl sites for hydroxylation is 1. The molecule has 0 saturated carbocycles. The number of aromatic nitrogens is 2. The Labute approximate surface area is 222 Å². The number of nitrogens with zero attached hydrogens (tertiary/aromatic N) is 1. The number of pyridine rings is 2. The first kappa shape index (κ1) is 27.4. The number of carbonyl (C=O) groups excluding carboxylic acids is 2. The van der Waals surface area contributed by atoms with Gasteiger partial charge < -0.3 is 19.2 Å². The molecule has 0 aliphatic heterocycles. The van der Waals surface area contributed by atoms with Crippen molar-refractivity contribution in [3.05, 3.63) is 86.7 Å². The molecule has 10 heteroatoms. The second kappa shape index (κ2) is 11.0. The number of esters is 2. The molecule has 0 bridgehead atoms. The summed E-state index contributed by atoms with van der Waals surface area (Å²) in [6.45, 7) is 6.02. The number of para-hydroxylation sites is 1. The first-order valence-corrected chi connectivity index (χ1v) is 12.1. The number of benzene rings is 2. The van der Waals surface area contributed by atoms with Crippen LogP contribution < -0.4 is 10.2 Å². The van der Waals surface area contributed by atoms with Gasteiger partial charge in [-0.15, -0.1) is 0 Å². The minimum atomic E-state index is -1.08. The second-order valence-corrected chi connectivity index (χ2v) is 8.83. The summed E-state index contributed by atoms with van der Waals surface area (Å²) in [6.07, 6.45) is 0. The van der Waals surface area contributed by atoms with Crippen LogP contribution in [0.4, 0.5) is 8.78 Å². The molecule has 1 N–H and O–H groups in total. The molecule has 2 aromatic heterocycles. The van der Waals surface area contributed by atoms with E-state index in [-0.39, 0.29) is 46.2 Å². The van der Waals surface area contributed by atoms with Crippen LogP contribution in [0.1, 0.15) is 46.9 Å². The summed E-state index contributed by atoms with van der Waals surface area (Å²) in [5.74, 6) is -4.75. The van der Waals surface area contributed by atoms with E-state index in [0.717, 1.165) is 6.07 Å². The number of nitrogens with one attached hydrogen (secondary N) is 1. The van der Waals surface area contributed by atoms with Crippen LogP contribution in [0.15, 0.2) is 47.3 Å². The fourth-order valence-corrected chi connectivity index (χ4v) is 4.36. The van der Waals surface area contributed by atoms with Crippen molar-refractivity contribution >= 4 is 22.8 Å². The summed E-state index contributed by atoms with van der Waals surface area (Å²) < 4.78 is 44.1. The molecule has 0 saturated heterocycles. The van der Waals surface area contributed by atoms with Crippen LogP contribution in [-0.4, -0.2) is 35.6 Å². The highest BCUT2D eigenvalue weighted by atomic mass is 19.2. The highest BCUT2D eigenvalue weighted by Crippen LogP contribution is 2.37. The molecule has 0 spiro atoms. The monoisotopic (exact) mass is 536 g/mol. The van der Waals surface area contributed by atoms with E-state index in [1.165, 1.54) is 27.0 Å². The molecule has 0 aliphatic carbocycles. The average Bonchev–Trinajstić information content (AvgIpc) is 2.92. The quantitative estimate of drug-likeness (QED) is 0.301. The van der Waals surface area contributed by atoms with Crippen molar-refractivity contribution in [2.75, 3.05) is 13.7 Å². The fraction of sp³-hybridized carbons (Fsp3) is 0.241. The van der Waals surface area contributed by atoms with E-state index in [1.54, 1.807) is 44.2 Å². The predicted molar refractivity (Wildman–Crippen MR) is 140 cm³/mol. The lowest BCUT2D eigenvalue weighted by atomic mass is 9.94. The highest BCUT2D eigenvalue weighted by Gasteiger charge is 2.30. The molecule has 0 radical (unpaired) electrons. The maximum Gasteiger partial charge on any atom is 0.344 e. The van der Waals surface area contributed by atoms with E-state index >= 15 is 0 Å². The minimum absolute atomic E-state index is 0.00869. The van der Waals surface area contributed by atoms with Gasteiger partial charge in [0.1, 0.15) is 11.3 Å². The van der Waals surface area contributed by atoms with E-state index < -0.39 is 34.9 Å². The maximum atomic E-state index is 14.3. The summed E-state index contributed by atoms with van der Waals surface area (Å²) >= 11 is 0. The maximum absolute atomic E-state index is 14.3. The third-order valence-electron chi connectivity index (χ3n) is 6.36. The Hall–Kier alpha value is -4.60. The Bertz CT molecular complexity index is 1660. The molecule has 39 heavy (non-hydrogen) atoms. The number of carbonyl (C=O) groups is 2. The van der Waals surface area contributed by atoms with Gasteiger partial charge in [0.2, 0.25) is 11.3 Å². The van der Waals surface area contributed by atoms with Crippen molar-refractivity contribution < 1.29 is 32.6 Å². The Morgan fingerprint density at radius 3 is 2.51 bits per heavy atom. The Balaban J connectivity index is 2.04. The van der Waals surface area contributed by atoms with E-state index in [1.807, 2.05) is 0 Å². The van der Waals surface area contributed by atoms with Crippen molar-refractivity contribution in [3.63, 3.8) is 0 Å². The van der Waals surface area contributed by atoms with Gasteiger partial charge in [-0.3, -0.25) is 9.59 Å². The molecular formula is C29H26F2N2O6. The van der Waals surface area contributed by atoms with Crippen LogP contribution in [0.5, 0.6) is 11.6 Å². The summed E-state index contributed by atoms with van der Waals surface area (Å²) in [5.41, 5.74) is -0.0792. The Morgan fingerprint density at radius 2 is 1.82 bits per heavy atom. The van der Waals surface area contributed by atoms with Crippen molar-refractivity contribution in [3.8, 4) is 22.9 Å². The lowest BCUT2D eigenvalue weighted by molar-refractivity contribution is -0.142. The number of ether oxygens (including phenoxy) is 3. The smallest absolute Gasteiger partial charge is 0.344 e. The van der Waals surface area contributed by atoms with Crippen molar-refractivity contribution in [1.29, 1.82) is 0 Å². The van der Waals surface area contributed by atoms with Gasteiger partial charge in [-0.05, 0) is 52.0 Å². The SMILES string of the molecule is CCOC(=O)c1c(-c2cc3ccccc3nc2Oc2ccc(F)c(F)c2C)[nH]c(C)c(C(C)C(=O)OC)c1=O. The van der Waals surface area contributed by atoms with Gasteiger partial charge >= 0.3 is 11.9 Å². The van der Waals surface area contributed by atoms with Crippen LogP contribution in [0.2, 0.25) is 0 Å². The summed E-state index contributed by atoms with van der Waals surface area (Å²) in [4.78, 5) is 46.8. The standard InChI is InChI=1S/C29H26F2N2O6/c1-6-38-29(36)23-25(32-16(4)22(26(23)34)15(3)28(35)37-5)18-13-17-9-7-8-10-20(17)33-27(18)39-21-12-11-19(30)24(31)14(21)2/h7-13,15H,6H2,1-5H3,(H,32,34). The largest absolute Gasteiger partial charge is 0.469 e. The summed E-state index contributed by atoms with van der Waals surface area (Å²) in [6, 6.07) is 10.9. The van der Waals surface area contributed by atoms with Gasteiger partial charge in [-0.1, -0.05) is 18.2 Å². The van der Waals surface area contributed by atoms with Gasteiger partial charge in [0, 0.05) is 22.2 Å². The average molecular weight is 537 g/mol. The van der Waals surface area contributed by atoms with Crippen molar-refractivity contribution in [2.45, 2.75) is 33.6 Å². The number of hydrogen-bond donors (Lipinski definition) is 1. The topological polar surface area (TPSA) is 108 Å². The zero-order valence-corrected chi connectivity index (χ0v) is 22.0. The molecule has 2 heterocycles. The fourth-order valence-electron chi connectivity index (χ4n) is 4.36. The van der Waals surface area contributed by atoms with Crippen LogP contribution in [0, 0.1) is 25.5 Å². The predicted octanol–water partition coefficient (Wildman–Crippen LogP) is 5.73. The number of aromatic amines is 1. The Morgan fingerprint density at radius 1 is 1.10 bits per heavy atom.